The third-order valence-corrected chi connectivity index (χ3v) is 5.45. The third kappa shape index (κ3) is 4.31. The van der Waals surface area contributed by atoms with Crippen LogP contribution in [0.3, 0.4) is 0 Å². The van der Waals surface area contributed by atoms with Crippen LogP contribution in [0.1, 0.15) is 24.3 Å². The van der Waals surface area contributed by atoms with Crippen molar-refractivity contribution in [1.29, 1.82) is 0 Å². The van der Waals surface area contributed by atoms with Crippen molar-refractivity contribution in [2.24, 2.45) is 0 Å². The molecule has 0 bridgehead atoms. The quantitative estimate of drug-likeness (QED) is 0.704. The number of furan rings is 1. The van der Waals surface area contributed by atoms with E-state index in [1.165, 1.54) is 0 Å². The van der Waals surface area contributed by atoms with Crippen molar-refractivity contribution in [3.63, 3.8) is 0 Å². The van der Waals surface area contributed by atoms with Gasteiger partial charge in [-0.2, -0.15) is 0 Å². The number of hydrogen-bond donors (Lipinski definition) is 1. The first kappa shape index (κ1) is 19.0. The summed E-state index contributed by atoms with van der Waals surface area (Å²) >= 11 is 0. The van der Waals surface area contributed by atoms with E-state index in [1.54, 1.807) is 19.1 Å². The van der Waals surface area contributed by atoms with Gasteiger partial charge in [0.05, 0.1) is 18.0 Å². The molecule has 0 spiro atoms. The molecule has 0 aliphatic heterocycles. The van der Waals surface area contributed by atoms with Crippen LogP contribution >= 0.6 is 0 Å². The van der Waals surface area contributed by atoms with Crippen LogP contribution < -0.4 is 9.62 Å². The van der Waals surface area contributed by atoms with Gasteiger partial charge in [-0.1, -0.05) is 36.4 Å². The van der Waals surface area contributed by atoms with E-state index in [0.29, 0.717) is 11.4 Å². The number of anilines is 1. The predicted octanol–water partition coefficient (Wildman–Crippen LogP) is 3.38. The first-order valence-electron chi connectivity index (χ1n) is 8.57. The molecule has 0 radical (unpaired) electrons. The van der Waals surface area contributed by atoms with E-state index in [4.69, 9.17) is 4.42 Å². The van der Waals surface area contributed by atoms with Crippen molar-refractivity contribution in [2.75, 3.05) is 17.1 Å². The van der Waals surface area contributed by atoms with Crippen LogP contribution in [0.2, 0.25) is 0 Å². The predicted molar refractivity (Wildman–Crippen MR) is 106 cm³/mol. The van der Waals surface area contributed by atoms with Gasteiger partial charge in [-0.3, -0.25) is 9.10 Å². The lowest BCUT2D eigenvalue weighted by molar-refractivity contribution is -0.120. The summed E-state index contributed by atoms with van der Waals surface area (Å²) in [6, 6.07) is 16.1. The van der Waals surface area contributed by atoms with Crippen LogP contribution in [-0.4, -0.2) is 27.1 Å². The number of fused-ring (bicyclic) bond motifs is 1. The van der Waals surface area contributed by atoms with E-state index in [2.05, 4.69) is 5.32 Å². The van der Waals surface area contributed by atoms with Gasteiger partial charge in [-0.25, -0.2) is 8.42 Å². The Kier molecular flexibility index (Phi) is 5.23. The Labute approximate surface area is 158 Å². The molecule has 3 aromatic rings. The molecule has 1 N–H and O–H groups in total. The number of para-hydroxylation sites is 2. The molecule has 1 atom stereocenters. The SMILES string of the molecule is Cc1ccccc1N(CC(=O)N[C@H](C)c1cc2ccccc2o1)S(C)(=O)=O. The summed E-state index contributed by atoms with van der Waals surface area (Å²) in [4.78, 5) is 12.5. The molecule has 1 aromatic heterocycles. The molecule has 0 saturated carbocycles. The molecule has 1 heterocycles. The number of nitrogens with zero attached hydrogens (tertiary/aromatic N) is 1. The van der Waals surface area contributed by atoms with Gasteiger partial charge >= 0.3 is 0 Å². The topological polar surface area (TPSA) is 79.6 Å². The number of sulfonamides is 1. The van der Waals surface area contributed by atoms with Gasteiger partial charge in [0.25, 0.3) is 0 Å². The van der Waals surface area contributed by atoms with Gasteiger partial charge in [-0.15, -0.1) is 0 Å². The molecule has 0 saturated heterocycles. The molecule has 0 fully saturated rings. The Bertz CT molecular complexity index is 1040. The molecular formula is C20H22N2O4S. The fraction of sp³-hybridized carbons (Fsp3) is 0.250. The summed E-state index contributed by atoms with van der Waals surface area (Å²) in [5, 5.41) is 3.76. The van der Waals surface area contributed by atoms with Crippen molar-refractivity contribution in [1.82, 2.24) is 5.32 Å². The van der Waals surface area contributed by atoms with Gasteiger partial charge in [0, 0.05) is 5.39 Å². The Morgan fingerprint density at radius 3 is 2.48 bits per heavy atom. The van der Waals surface area contributed by atoms with Crippen LogP contribution in [-0.2, 0) is 14.8 Å². The number of benzene rings is 2. The van der Waals surface area contributed by atoms with Crippen molar-refractivity contribution >= 4 is 32.6 Å². The highest BCUT2D eigenvalue weighted by molar-refractivity contribution is 7.92. The van der Waals surface area contributed by atoms with Crippen LogP contribution in [0.5, 0.6) is 0 Å². The van der Waals surface area contributed by atoms with Crippen molar-refractivity contribution < 1.29 is 17.6 Å². The van der Waals surface area contributed by atoms with E-state index >= 15 is 0 Å². The lowest BCUT2D eigenvalue weighted by atomic mass is 10.2. The molecule has 0 aliphatic carbocycles. The average Bonchev–Trinajstić information content (AvgIpc) is 3.04. The molecule has 27 heavy (non-hydrogen) atoms. The zero-order chi connectivity index (χ0) is 19.6. The number of hydrogen-bond acceptors (Lipinski definition) is 4. The average molecular weight is 386 g/mol. The number of carbonyl (C=O) groups excluding carboxylic acids is 1. The normalized spacial score (nSPS) is 12.7. The second-order valence-electron chi connectivity index (χ2n) is 6.53. The Balaban J connectivity index is 1.77. The molecule has 142 valence electrons. The lowest BCUT2D eigenvalue weighted by Crippen LogP contribution is -2.41. The third-order valence-electron chi connectivity index (χ3n) is 4.32. The highest BCUT2D eigenvalue weighted by atomic mass is 32.2. The van der Waals surface area contributed by atoms with E-state index in [9.17, 15) is 13.2 Å². The van der Waals surface area contributed by atoms with Crippen molar-refractivity contribution in [3.8, 4) is 0 Å². The van der Waals surface area contributed by atoms with Gasteiger partial charge < -0.3 is 9.73 Å². The maximum Gasteiger partial charge on any atom is 0.241 e. The summed E-state index contributed by atoms with van der Waals surface area (Å²) in [6.07, 6.45) is 1.09. The highest BCUT2D eigenvalue weighted by Crippen LogP contribution is 2.24. The van der Waals surface area contributed by atoms with Gasteiger partial charge in [0.1, 0.15) is 17.9 Å². The molecule has 7 heteroatoms. The minimum Gasteiger partial charge on any atom is -0.459 e. The first-order chi connectivity index (χ1) is 12.8. The monoisotopic (exact) mass is 386 g/mol. The summed E-state index contributed by atoms with van der Waals surface area (Å²) in [5.74, 6) is 0.211. The van der Waals surface area contributed by atoms with Crippen LogP contribution in [0.4, 0.5) is 5.69 Å². The fourth-order valence-corrected chi connectivity index (χ4v) is 3.84. The summed E-state index contributed by atoms with van der Waals surface area (Å²) in [6.45, 7) is 3.31. The first-order valence-corrected chi connectivity index (χ1v) is 10.4. The minimum atomic E-state index is -3.61. The molecule has 1 amide bonds. The van der Waals surface area contributed by atoms with Gasteiger partial charge in [0.2, 0.25) is 15.9 Å². The Hall–Kier alpha value is -2.80. The zero-order valence-electron chi connectivity index (χ0n) is 15.5. The number of rotatable bonds is 6. The molecule has 2 aromatic carbocycles. The van der Waals surface area contributed by atoms with Crippen LogP contribution in [0, 0.1) is 6.92 Å². The number of nitrogens with one attached hydrogen (secondary N) is 1. The summed E-state index contributed by atoms with van der Waals surface area (Å²) < 4.78 is 31.3. The van der Waals surface area contributed by atoms with E-state index < -0.39 is 15.9 Å². The second kappa shape index (κ2) is 7.44. The highest BCUT2D eigenvalue weighted by Gasteiger charge is 2.23. The van der Waals surface area contributed by atoms with E-state index in [-0.39, 0.29) is 12.6 Å². The van der Waals surface area contributed by atoms with Gasteiger partial charge in [0.15, 0.2) is 0 Å². The minimum absolute atomic E-state index is 0.297. The fourth-order valence-electron chi connectivity index (χ4n) is 2.93. The Morgan fingerprint density at radius 2 is 1.81 bits per heavy atom. The molecule has 3 rings (SSSR count). The Morgan fingerprint density at radius 1 is 1.15 bits per heavy atom. The van der Waals surface area contributed by atoms with Crippen LogP contribution in [0.15, 0.2) is 59.0 Å². The number of carbonyl (C=O) groups is 1. The molecular weight excluding hydrogens is 364 g/mol. The standard InChI is InChI=1S/C20H22N2O4S/c1-14-8-4-6-10-17(14)22(27(3,24)25)13-20(23)21-15(2)19-12-16-9-5-7-11-18(16)26-19/h4-12,15H,13H2,1-3H3,(H,21,23)/t15-/m1/s1. The summed E-state index contributed by atoms with van der Waals surface area (Å²) in [5.41, 5.74) is 2.01. The summed E-state index contributed by atoms with van der Waals surface area (Å²) in [7, 11) is -3.61. The number of aryl methyl sites for hydroxylation is 1. The maximum absolute atomic E-state index is 12.5. The smallest absolute Gasteiger partial charge is 0.241 e. The second-order valence-corrected chi connectivity index (χ2v) is 8.44. The largest absolute Gasteiger partial charge is 0.459 e. The van der Waals surface area contributed by atoms with Crippen molar-refractivity contribution in [2.45, 2.75) is 19.9 Å². The molecule has 0 aliphatic rings. The van der Waals surface area contributed by atoms with Crippen LogP contribution in [0.25, 0.3) is 11.0 Å². The zero-order valence-corrected chi connectivity index (χ0v) is 16.3. The van der Waals surface area contributed by atoms with Crippen molar-refractivity contribution in [3.05, 3.63) is 65.9 Å². The van der Waals surface area contributed by atoms with Gasteiger partial charge in [-0.05, 0) is 37.6 Å². The van der Waals surface area contributed by atoms with E-state index in [1.807, 2.05) is 49.4 Å². The lowest BCUT2D eigenvalue weighted by Gasteiger charge is -2.24. The number of amides is 1. The molecule has 0 unspecified atom stereocenters. The maximum atomic E-state index is 12.5. The molecule has 6 nitrogen and oxygen atoms in total. The van der Waals surface area contributed by atoms with E-state index in [0.717, 1.165) is 27.1 Å².